The Morgan fingerprint density at radius 1 is 1.15 bits per heavy atom. The molecule has 0 aliphatic carbocycles. The number of ether oxygens (including phenoxy) is 1. The molecule has 0 aliphatic rings. The van der Waals surface area contributed by atoms with Gasteiger partial charge in [-0.25, -0.2) is 0 Å². The van der Waals surface area contributed by atoms with E-state index in [0.29, 0.717) is 11.4 Å². The summed E-state index contributed by atoms with van der Waals surface area (Å²) in [5.41, 5.74) is 6.37. The van der Waals surface area contributed by atoms with E-state index in [2.05, 4.69) is 5.32 Å². The van der Waals surface area contributed by atoms with Crippen LogP contribution in [0.4, 0.5) is 5.69 Å². The Bertz CT molecular complexity index is 630. The lowest BCUT2D eigenvalue weighted by Crippen LogP contribution is -2.43. The summed E-state index contributed by atoms with van der Waals surface area (Å²) in [6.07, 6.45) is 0. The second-order valence-corrected chi connectivity index (χ2v) is 5.79. The van der Waals surface area contributed by atoms with Crippen molar-refractivity contribution in [3.8, 4) is 5.75 Å². The van der Waals surface area contributed by atoms with Crippen LogP contribution in [0, 0.1) is 0 Å². The first-order chi connectivity index (χ1) is 9.37. The molecule has 0 aliphatic heterocycles. The molecular weight excluding hydrogens is 252 g/mol. The van der Waals surface area contributed by atoms with Crippen molar-refractivity contribution in [3.05, 3.63) is 36.4 Å². The van der Waals surface area contributed by atoms with Gasteiger partial charge in [-0.1, -0.05) is 24.3 Å². The minimum Gasteiger partial charge on any atom is -0.483 e. The van der Waals surface area contributed by atoms with Gasteiger partial charge >= 0.3 is 0 Å². The maximum Gasteiger partial charge on any atom is 0.258 e. The number of fused-ring (bicyclic) bond motifs is 1. The van der Waals surface area contributed by atoms with Crippen LogP contribution in [-0.4, -0.2) is 18.1 Å². The van der Waals surface area contributed by atoms with Gasteiger partial charge in [0.15, 0.2) is 6.61 Å². The normalized spacial score (nSPS) is 11.3. The molecule has 2 aromatic carbocycles. The number of benzene rings is 2. The monoisotopic (exact) mass is 272 g/mol. The van der Waals surface area contributed by atoms with Crippen LogP contribution in [0.1, 0.15) is 20.8 Å². The summed E-state index contributed by atoms with van der Waals surface area (Å²) in [5.74, 6) is 0.525. The molecule has 4 nitrogen and oxygen atoms in total. The molecule has 0 fully saturated rings. The molecule has 2 aromatic rings. The standard InChI is InChI=1S/C16H20N2O2/c1-16(2,3)18-15(19)10-20-14-9-8-13(17)11-6-4-5-7-12(11)14/h4-9H,10,17H2,1-3H3,(H,18,19). The smallest absolute Gasteiger partial charge is 0.258 e. The highest BCUT2D eigenvalue weighted by Gasteiger charge is 2.14. The fourth-order valence-electron chi connectivity index (χ4n) is 2.02. The van der Waals surface area contributed by atoms with Crippen molar-refractivity contribution in [3.63, 3.8) is 0 Å². The van der Waals surface area contributed by atoms with Crippen LogP contribution in [0.3, 0.4) is 0 Å². The van der Waals surface area contributed by atoms with Crippen LogP contribution in [0.15, 0.2) is 36.4 Å². The molecule has 0 bridgehead atoms. The zero-order valence-electron chi connectivity index (χ0n) is 12.1. The zero-order chi connectivity index (χ0) is 14.8. The molecule has 20 heavy (non-hydrogen) atoms. The quantitative estimate of drug-likeness (QED) is 0.844. The lowest BCUT2D eigenvalue weighted by Gasteiger charge is -2.20. The van der Waals surface area contributed by atoms with E-state index in [-0.39, 0.29) is 18.1 Å². The van der Waals surface area contributed by atoms with Gasteiger partial charge in [0.05, 0.1) is 0 Å². The molecule has 0 heterocycles. The number of carbonyl (C=O) groups is 1. The van der Waals surface area contributed by atoms with E-state index in [4.69, 9.17) is 10.5 Å². The molecule has 0 atom stereocenters. The summed E-state index contributed by atoms with van der Waals surface area (Å²) >= 11 is 0. The van der Waals surface area contributed by atoms with Crippen LogP contribution in [0.25, 0.3) is 10.8 Å². The fraction of sp³-hybridized carbons (Fsp3) is 0.312. The van der Waals surface area contributed by atoms with Gasteiger partial charge in [-0.3, -0.25) is 4.79 Å². The third kappa shape index (κ3) is 3.41. The van der Waals surface area contributed by atoms with Crippen molar-refractivity contribution in [1.29, 1.82) is 0 Å². The summed E-state index contributed by atoms with van der Waals surface area (Å²) < 4.78 is 5.61. The Morgan fingerprint density at radius 2 is 1.80 bits per heavy atom. The van der Waals surface area contributed by atoms with Gasteiger partial charge in [0.2, 0.25) is 0 Å². The molecule has 0 unspecified atom stereocenters. The minimum atomic E-state index is -0.260. The van der Waals surface area contributed by atoms with E-state index in [0.717, 1.165) is 10.8 Å². The van der Waals surface area contributed by atoms with Crippen molar-refractivity contribution in [1.82, 2.24) is 5.32 Å². The summed E-state index contributed by atoms with van der Waals surface area (Å²) in [6, 6.07) is 11.3. The Kier molecular flexibility index (Phi) is 3.84. The molecule has 3 N–H and O–H groups in total. The maximum absolute atomic E-state index is 11.8. The predicted octanol–water partition coefficient (Wildman–Crippen LogP) is 2.72. The minimum absolute atomic E-state index is 0.00875. The molecule has 0 radical (unpaired) electrons. The number of carbonyl (C=O) groups excluding carboxylic acids is 1. The third-order valence-corrected chi connectivity index (χ3v) is 2.79. The van der Waals surface area contributed by atoms with Crippen LogP contribution < -0.4 is 15.8 Å². The Labute approximate surface area is 118 Å². The van der Waals surface area contributed by atoms with Gasteiger partial charge in [-0.15, -0.1) is 0 Å². The summed E-state index contributed by atoms with van der Waals surface area (Å²) in [7, 11) is 0. The molecule has 0 spiro atoms. The van der Waals surface area contributed by atoms with Crippen molar-refractivity contribution in [2.75, 3.05) is 12.3 Å². The van der Waals surface area contributed by atoms with Gasteiger partial charge < -0.3 is 15.8 Å². The number of nitrogens with one attached hydrogen (secondary N) is 1. The number of hydrogen-bond donors (Lipinski definition) is 2. The largest absolute Gasteiger partial charge is 0.483 e. The number of amides is 1. The highest BCUT2D eigenvalue weighted by molar-refractivity contribution is 5.97. The lowest BCUT2D eigenvalue weighted by atomic mass is 10.1. The predicted molar refractivity (Wildman–Crippen MR) is 81.8 cm³/mol. The average molecular weight is 272 g/mol. The summed E-state index contributed by atoms with van der Waals surface area (Å²) in [5, 5.41) is 4.70. The molecule has 0 saturated carbocycles. The number of nitrogen functional groups attached to an aromatic ring is 1. The topological polar surface area (TPSA) is 64.3 Å². The van der Waals surface area contributed by atoms with Crippen LogP contribution in [0.2, 0.25) is 0 Å². The Hall–Kier alpha value is -2.23. The average Bonchev–Trinajstić information content (AvgIpc) is 2.36. The first-order valence-corrected chi connectivity index (χ1v) is 6.58. The second-order valence-electron chi connectivity index (χ2n) is 5.79. The van der Waals surface area contributed by atoms with Crippen LogP contribution in [0.5, 0.6) is 5.75 Å². The third-order valence-electron chi connectivity index (χ3n) is 2.79. The molecule has 4 heteroatoms. The van der Waals surface area contributed by atoms with Gasteiger partial charge in [0.1, 0.15) is 5.75 Å². The van der Waals surface area contributed by atoms with E-state index in [1.165, 1.54) is 0 Å². The molecule has 1 amide bonds. The molecule has 0 aromatic heterocycles. The maximum atomic E-state index is 11.8. The van der Waals surface area contributed by atoms with E-state index in [1.54, 1.807) is 12.1 Å². The van der Waals surface area contributed by atoms with Crippen LogP contribution >= 0.6 is 0 Å². The first-order valence-electron chi connectivity index (χ1n) is 6.58. The van der Waals surface area contributed by atoms with Gasteiger partial charge in [-0.2, -0.15) is 0 Å². The van der Waals surface area contributed by atoms with Crippen molar-refractivity contribution < 1.29 is 9.53 Å². The van der Waals surface area contributed by atoms with E-state index >= 15 is 0 Å². The molecule has 2 rings (SSSR count). The van der Waals surface area contributed by atoms with Gasteiger partial charge in [0.25, 0.3) is 5.91 Å². The van der Waals surface area contributed by atoms with E-state index in [9.17, 15) is 4.79 Å². The number of rotatable bonds is 3. The van der Waals surface area contributed by atoms with Crippen LogP contribution in [-0.2, 0) is 4.79 Å². The highest BCUT2D eigenvalue weighted by atomic mass is 16.5. The Balaban J connectivity index is 2.15. The number of nitrogens with two attached hydrogens (primary N) is 1. The molecular formula is C16H20N2O2. The summed E-state index contributed by atoms with van der Waals surface area (Å²) in [6.45, 7) is 5.79. The fourth-order valence-corrected chi connectivity index (χ4v) is 2.02. The SMILES string of the molecule is CC(C)(C)NC(=O)COc1ccc(N)c2ccccc12. The molecule has 106 valence electrons. The van der Waals surface area contributed by atoms with Crippen molar-refractivity contribution >= 4 is 22.4 Å². The molecule has 0 saturated heterocycles. The highest BCUT2D eigenvalue weighted by Crippen LogP contribution is 2.29. The number of anilines is 1. The summed E-state index contributed by atoms with van der Waals surface area (Å²) in [4.78, 5) is 11.8. The van der Waals surface area contributed by atoms with E-state index in [1.807, 2.05) is 45.0 Å². The van der Waals surface area contributed by atoms with Gasteiger partial charge in [-0.05, 0) is 32.9 Å². The lowest BCUT2D eigenvalue weighted by molar-refractivity contribution is -0.124. The first kappa shape index (κ1) is 14.2. The zero-order valence-corrected chi connectivity index (χ0v) is 12.1. The number of hydrogen-bond acceptors (Lipinski definition) is 3. The van der Waals surface area contributed by atoms with Crippen molar-refractivity contribution in [2.45, 2.75) is 26.3 Å². The van der Waals surface area contributed by atoms with Gasteiger partial charge in [0, 0.05) is 22.0 Å². The second kappa shape index (κ2) is 5.41. The van der Waals surface area contributed by atoms with E-state index < -0.39 is 0 Å². The van der Waals surface area contributed by atoms with Crippen molar-refractivity contribution in [2.24, 2.45) is 0 Å². The Morgan fingerprint density at radius 3 is 2.45 bits per heavy atom.